The number of halogens is 2. The van der Waals surface area contributed by atoms with E-state index in [9.17, 15) is 13.6 Å². The SMILES string of the molecule is O=C1NCc2c1cccc2C(F)F. The van der Waals surface area contributed by atoms with Gasteiger partial charge in [0.1, 0.15) is 0 Å². The summed E-state index contributed by atoms with van der Waals surface area (Å²) in [5.74, 6) is -0.266. The van der Waals surface area contributed by atoms with Gasteiger partial charge in [-0.1, -0.05) is 12.1 Å². The van der Waals surface area contributed by atoms with Crippen molar-refractivity contribution in [1.29, 1.82) is 0 Å². The molecule has 4 heteroatoms. The summed E-state index contributed by atoms with van der Waals surface area (Å²) in [7, 11) is 0. The lowest BCUT2D eigenvalue weighted by molar-refractivity contribution is 0.0965. The van der Waals surface area contributed by atoms with E-state index in [0.717, 1.165) is 0 Å². The molecule has 1 N–H and O–H groups in total. The fourth-order valence-corrected chi connectivity index (χ4v) is 1.48. The lowest BCUT2D eigenvalue weighted by atomic mass is 10.0. The number of nitrogens with one attached hydrogen (secondary N) is 1. The van der Waals surface area contributed by atoms with Crippen LogP contribution in [0.1, 0.15) is 27.9 Å². The van der Waals surface area contributed by atoms with Gasteiger partial charge in [-0.15, -0.1) is 0 Å². The number of amides is 1. The fourth-order valence-electron chi connectivity index (χ4n) is 1.48. The quantitative estimate of drug-likeness (QED) is 0.707. The summed E-state index contributed by atoms with van der Waals surface area (Å²) in [5, 5.41) is 2.51. The number of carbonyl (C=O) groups is 1. The van der Waals surface area contributed by atoms with Crippen LogP contribution in [0.2, 0.25) is 0 Å². The van der Waals surface area contributed by atoms with Gasteiger partial charge in [0.25, 0.3) is 12.3 Å². The molecule has 0 aliphatic carbocycles. The summed E-state index contributed by atoms with van der Waals surface area (Å²) in [6.45, 7) is 0.217. The van der Waals surface area contributed by atoms with Crippen LogP contribution in [-0.2, 0) is 6.54 Å². The molecule has 2 rings (SSSR count). The van der Waals surface area contributed by atoms with Crippen LogP contribution in [0.4, 0.5) is 8.78 Å². The average molecular weight is 183 g/mol. The second-order valence-corrected chi connectivity index (χ2v) is 2.86. The van der Waals surface area contributed by atoms with Crippen molar-refractivity contribution in [1.82, 2.24) is 5.32 Å². The Morgan fingerprint density at radius 3 is 2.85 bits per heavy atom. The smallest absolute Gasteiger partial charge is 0.264 e. The number of fused-ring (bicyclic) bond motifs is 1. The highest BCUT2D eigenvalue weighted by Gasteiger charge is 2.24. The number of carbonyl (C=O) groups excluding carboxylic acids is 1. The molecule has 0 radical (unpaired) electrons. The van der Waals surface area contributed by atoms with Gasteiger partial charge in [0.2, 0.25) is 0 Å². The van der Waals surface area contributed by atoms with Crippen molar-refractivity contribution in [3.63, 3.8) is 0 Å². The zero-order valence-electron chi connectivity index (χ0n) is 6.68. The first kappa shape index (κ1) is 8.16. The Balaban J connectivity index is 2.57. The average Bonchev–Trinajstić information content (AvgIpc) is 2.48. The van der Waals surface area contributed by atoms with Gasteiger partial charge < -0.3 is 5.32 Å². The third-order valence-electron chi connectivity index (χ3n) is 2.12. The van der Waals surface area contributed by atoms with Crippen molar-refractivity contribution in [2.45, 2.75) is 13.0 Å². The fraction of sp³-hybridized carbons (Fsp3) is 0.222. The van der Waals surface area contributed by atoms with E-state index < -0.39 is 6.43 Å². The van der Waals surface area contributed by atoms with Crippen LogP contribution in [0.15, 0.2) is 18.2 Å². The number of benzene rings is 1. The van der Waals surface area contributed by atoms with Crippen LogP contribution in [0.3, 0.4) is 0 Å². The van der Waals surface area contributed by atoms with Crippen molar-refractivity contribution in [3.8, 4) is 0 Å². The van der Waals surface area contributed by atoms with Gasteiger partial charge in [0, 0.05) is 17.7 Å². The predicted octanol–water partition coefficient (Wildman–Crippen LogP) is 1.87. The van der Waals surface area contributed by atoms with Gasteiger partial charge in [-0.2, -0.15) is 0 Å². The third-order valence-corrected chi connectivity index (χ3v) is 2.12. The topological polar surface area (TPSA) is 29.1 Å². The molecule has 1 aliphatic heterocycles. The molecule has 0 fully saturated rings. The largest absolute Gasteiger partial charge is 0.348 e. The molecule has 0 atom stereocenters. The van der Waals surface area contributed by atoms with E-state index in [1.807, 2.05) is 0 Å². The van der Waals surface area contributed by atoms with Crippen molar-refractivity contribution in [3.05, 3.63) is 34.9 Å². The minimum atomic E-state index is -2.51. The molecule has 1 aliphatic rings. The van der Waals surface area contributed by atoms with Gasteiger partial charge >= 0.3 is 0 Å². The standard InChI is InChI=1S/C9H7F2NO/c10-8(11)5-2-1-3-6-7(5)4-12-9(6)13/h1-3,8H,4H2,(H,12,13). The summed E-state index contributed by atoms with van der Waals surface area (Å²) in [4.78, 5) is 11.1. The van der Waals surface area contributed by atoms with Gasteiger partial charge in [-0.05, 0) is 11.6 Å². The molecule has 0 aromatic heterocycles. The van der Waals surface area contributed by atoms with E-state index in [-0.39, 0.29) is 18.0 Å². The molecule has 0 spiro atoms. The first-order valence-electron chi connectivity index (χ1n) is 3.88. The molecule has 0 unspecified atom stereocenters. The molecule has 1 aromatic carbocycles. The Morgan fingerprint density at radius 2 is 2.15 bits per heavy atom. The molecular weight excluding hydrogens is 176 g/mol. The van der Waals surface area contributed by atoms with Crippen LogP contribution < -0.4 is 5.32 Å². The summed E-state index contributed by atoms with van der Waals surface area (Å²) >= 11 is 0. The van der Waals surface area contributed by atoms with Crippen LogP contribution in [0.5, 0.6) is 0 Å². The van der Waals surface area contributed by atoms with Gasteiger partial charge in [-0.25, -0.2) is 8.78 Å². The molecule has 0 saturated heterocycles. The van der Waals surface area contributed by atoms with E-state index in [1.54, 1.807) is 6.07 Å². The normalized spacial score (nSPS) is 14.5. The molecular formula is C9H7F2NO. The molecule has 1 aromatic rings. The number of hydrogen-bond donors (Lipinski definition) is 1. The first-order valence-corrected chi connectivity index (χ1v) is 3.88. The van der Waals surface area contributed by atoms with E-state index in [4.69, 9.17) is 0 Å². The zero-order chi connectivity index (χ0) is 9.42. The van der Waals surface area contributed by atoms with Crippen molar-refractivity contribution in [2.24, 2.45) is 0 Å². The van der Waals surface area contributed by atoms with Crippen molar-refractivity contribution < 1.29 is 13.6 Å². The predicted molar refractivity (Wildman–Crippen MR) is 42.6 cm³/mol. The van der Waals surface area contributed by atoms with E-state index in [1.165, 1.54) is 12.1 Å². The Morgan fingerprint density at radius 1 is 1.38 bits per heavy atom. The highest BCUT2D eigenvalue weighted by molar-refractivity contribution is 5.98. The molecule has 68 valence electrons. The Hall–Kier alpha value is -1.45. The number of hydrogen-bond acceptors (Lipinski definition) is 1. The van der Waals surface area contributed by atoms with Gasteiger partial charge in [-0.3, -0.25) is 4.79 Å². The highest BCUT2D eigenvalue weighted by Crippen LogP contribution is 2.27. The second-order valence-electron chi connectivity index (χ2n) is 2.86. The van der Waals surface area contributed by atoms with Crippen LogP contribution in [0.25, 0.3) is 0 Å². The van der Waals surface area contributed by atoms with Crippen LogP contribution in [-0.4, -0.2) is 5.91 Å². The Bertz CT molecular complexity index is 363. The Kier molecular flexibility index (Phi) is 1.76. The zero-order valence-corrected chi connectivity index (χ0v) is 6.68. The van der Waals surface area contributed by atoms with Gasteiger partial charge in [0.05, 0.1) is 0 Å². The first-order chi connectivity index (χ1) is 6.20. The van der Waals surface area contributed by atoms with Crippen molar-refractivity contribution >= 4 is 5.91 Å². The molecule has 0 bridgehead atoms. The summed E-state index contributed by atoms with van der Waals surface area (Å²) in [6, 6.07) is 4.39. The monoisotopic (exact) mass is 183 g/mol. The maximum Gasteiger partial charge on any atom is 0.264 e. The maximum atomic E-state index is 12.4. The molecule has 2 nitrogen and oxygen atoms in total. The van der Waals surface area contributed by atoms with Crippen molar-refractivity contribution in [2.75, 3.05) is 0 Å². The summed E-state index contributed by atoms with van der Waals surface area (Å²) < 4.78 is 24.8. The lowest BCUT2D eigenvalue weighted by Gasteiger charge is -2.04. The maximum absolute atomic E-state index is 12.4. The second kappa shape index (κ2) is 2.80. The van der Waals surface area contributed by atoms with E-state index in [2.05, 4.69) is 5.32 Å². The molecule has 1 amide bonds. The van der Waals surface area contributed by atoms with E-state index in [0.29, 0.717) is 11.1 Å². The highest BCUT2D eigenvalue weighted by atomic mass is 19.3. The minimum absolute atomic E-state index is 0.0455. The van der Waals surface area contributed by atoms with Crippen LogP contribution in [0, 0.1) is 0 Å². The number of rotatable bonds is 1. The van der Waals surface area contributed by atoms with E-state index >= 15 is 0 Å². The molecule has 13 heavy (non-hydrogen) atoms. The van der Waals surface area contributed by atoms with Crippen LogP contribution >= 0.6 is 0 Å². The van der Waals surface area contributed by atoms with Gasteiger partial charge in [0.15, 0.2) is 0 Å². The summed E-state index contributed by atoms with van der Waals surface area (Å²) in [5.41, 5.74) is 0.760. The minimum Gasteiger partial charge on any atom is -0.348 e. The summed E-state index contributed by atoms with van der Waals surface area (Å²) in [6.07, 6.45) is -2.51. The number of alkyl halides is 2. The lowest BCUT2D eigenvalue weighted by Crippen LogP contribution is -2.12. The third kappa shape index (κ3) is 1.18. The molecule has 1 heterocycles. The Labute approximate surface area is 73.6 Å². The molecule has 0 saturated carbocycles.